The molecule has 0 saturated heterocycles. The first-order valence-corrected chi connectivity index (χ1v) is 6.75. The largest absolute Gasteiger partial charge is 0.380 e. The highest BCUT2D eigenvalue weighted by molar-refractivity contribution is 9.10. The van der Waals surface area contributed by atoms with E-state index in [-0.39, 0.29) is 5.56 Å². The molecule has 0 unspecified atom stereocenters. The number of unbranched alkanes of at least 4 members (excludes halogenated alkanes) is 1. The van der Waals surface area contributed by atoms with E-state index in [1.54, 1.807) is 6.07 Å². The minimum Gasteiger partial charge on any atom is -0.380 e. The summed E-state index contributed by atoms with van der Waals surface area (Å²) >= 11 is 3.14. The van der Waals surface area contributed by atoms with Crippen LogP contribution in [-0.4, -0.2) is 25.7 Å². The summed E-state index contributed by atoms with van der Waals surface area (Å²) in [5.41, 5.74) is 0.0479. The SMILES string of the molecule is CCCCOCCNC(=O)c1ccc(Br)cc1F. The average molecular weight is 318 g/mol. The summed E-state index contributed by atoms with van der Waals surface area (Å²) in [5.74, 6) is -0.951. The van der Waals surface area contributed by atoms with Gasteiger partial charge in [0, 0.05) is 17.6 Å². The van der Waals surface area contributed by atoms with E-state index in [4.69, 9.17) is 4.74 Å². The maximum absolute atomic E-state index is 13.5. The molecule has 0 aliphatic heterocycles. The van der Waals surface area contributed by atoms with Crippen molar-refractivity contribution in [2.75, 3.05) is 19.8 Å². The van der Waals surface area contributed by atoms with Gasteiger partial charge in [-0.1, -0.05) is 29.3 Å². The first-order chi connectivity index (χ1) is 8.65. The molecule has 0 heterocycles. The molecule has 0 fully saturated rings. The monoisotopic (exact) mass is 317 g/mol. The van der Waals surface area contributed by atoms with Crippen LogP contribution in [0.15, 0.2) is 22.7 Å². The van der Waals surface area contributed by atoms with Gasteiger partial charge in [0.1, 0.15) is 5.82 Å². The summed E-state index contributed by atoms with van der Waals surface area (Å²) in [4.78, 5) is 11.6. The number of hydrogen-bond donors (Lipinski definition) is 1. The van der Waals surface area contributed by atoms with Crippen LogP contribution in [0.3, 0.4) is 0 Å². The van der Waals surface area contributed by atoms with Gasteiger partial charge in [0.15, 0.2) is 0 Å². The lowest BCUT2D eigenvalue weighted by Crippen LogP contribution is -2.28. The highest BCUT2D eigenvalue weighted by Gasteiger charge is 2.10. The Morgan fingerprint density at radius 3 is 2.89 bits per heavy atom. The lowest BCUT2D eigenvalue weighted by molar-refractivity contribution is 0.0909. The Morgan fingerprint density at radius 1 is 1.44 bits per heavy atom. The number of nitrogens with one attached hydrogen (secondary N) is 1. The molecule has 0 atom stereocenters. The third kappa shape index (κ3) is 5.14. The zero-order valence-electron chi connectivity index (χ0n) is 10.3. The van der Waals surface area contributed by atoms with E-state index in [9.17, 15) is 9.18 Å². The van der Waals surface area contributed by atoms with Gasteiger partial charge < -0.3 is 10.1 Å². The molecule has 100 valence electrons. The van der Waals surface area contributed by atoms with Crippen LogP contribution in [0, 0.1) is 5.82 Å². The summed E-state index contributed by atoms with van der Waals surface area (Å²) in [6, 6.07) is 4.36. The number of halogens is 2. The first kappa shape index (κ1) is 15.1. The normalized spacial score (nSPS) is 10.4. The van der Waals surface area contributed by atoms with Crippen molar-refractivity contribution in [2.45, 2.75) is 19.8 Å². The Kier molecular flexibility index (Phi) is 6.90. The Morgan fingerprint density at radius 2 is 2.22 bits per heavy atom. The van der Waals surface area contributed by atoms with Crippen LogP contribution in [0.25, 0.3) is 0 Å². The van der Waals surface area contributed by atoms with Crippen LogP contribution < -0.4 is 5.32 Å². The summed E-state index contributed by atoms with van der Waals surface area (Å²) in [6.45, 7) is 3.61. The number of amides is 1. The first-order valence-electron chi connectivity index (χ1n) is 5.96. The molecule has 0 aliphatic rings. The molecule has 0 aromatic heterocycles. The molecule has 0 saturated carbocycles. The fourth-order valence-electron chi connectivity index (χ4n) is 1.35. The van der Waals surface area contributed by atoms with Crippen molar-refractivity contribution in [1.29, 1.82) is 0 Å². The number of ether oxygens (including phenoxy) is 1. The highest BCUT2D eigenvalue weighted by atomic mass is 79.9. The van der Waals surface area contributed by atoms with Crippen LogP contribution >= 0.6 is 15.9 Å². The van der Waals surface area contributed by atoms with Gasteiger partial charge in [0.2, 0.25) is 0 Å². The molecule has 0 radical (unpaired) electrons. The second-order valence-corrected chi connectivity index (χ2v) is 4.76. The number of carbonyl (C=O) groups excluding carboxylic acids is 1. The number of rotatable bonds is 7. The van der Waals surface area contributed by atoms with E-state index in [0.29, 0.717) is 24.2 Å². The van der Waals surface area contributed by atoms with Gasteiger partial charge in [0.05, 0.1) is 12.2 Å². The van der Waals surface area contributed by atoms with E-state index < -0.39 is 11.7 Å². The number of benzene rings is 1. The van der Waals surface area contributed by atoms with Crippen molar-refractivity contribution in [3.05, 3.63) is 34.1 Å². The molecule has 0 spiro atoms. The van der Waals surface area contributed by atoms with E-state index in [1.165, 1.54) is 12.1 Å². The molecule has 5 heteroatoms. The molecule has 18 heavy (non-hydrogen) atoms. The molecule has 3 nitrogen and oxygen atoms in total. The third-order valence-electron chi connectivity index (χ3n) is 2.35. The lowest BCUT2D eigenvalue weighted by atomic mass is 10.2. The Bertz CT molecular complexity index is 399. The van der Waals surface area contributed by atoms with Crippen molar-refractivity contribution in [2.24, 2.45) is 0 Å². The Balaban J connectivity index is 2.32. The highest BCUT2D eigenvalue weighted by Crippen LogP contribution is 2.14. The summed E-state index contributed by atoms with van der Waals surface area (Å²) < 4.78 is 19.4. The van der Waals surface area contributed by atoms with Gasteiger partial charge in [0.25, 0.3) is 5.91 Å². The molecule has 1 amide bonds. The van der Waals surface area contributed by atoms with Crippen molar-refractivity contribution >= 4 is 21.8 Å². The average Bonchev–Trinajstić information content (AvgIpc) is 2.33. The maximum atomic E-state index is 13.5. The second-order valence-electron chi connectivity index (χ2n) is 3.85. The molecule has 1 rings (SSSR count). The Hall–Kier alpha value is -0.940. The van der Waals surface area contributed by atoms with E-state index in [1.807, 2.05) is 0 Å². The summed E-state index contributed by atoms with van der Waals surface area (Å²) in [6.07, 6.45) is 2.09. The Labute approximate surface area is 115 Å². The summed E-state index contributed by atoms with van der Waals surface area (Å²) in [5, 5.41) is 2.62. The van der Waals surface area contributed by atoms with Crippen molar-refractivity contribution in [3.8, 4) is 0 Å². The molecule has 1 aromatic carbocycles. The number of carbonyl (C=O) groups is 1. The second kappa shape index (κ2) is 8.21. The molecule has 1 aromatic rings. The number of hydrogen-bond acceptors (Lipinski definition) is 2. The van der Waals surface area contributed by atoms with Crippen molar-refractivity contribution in [3.63, 3.8) is 0 Å². The smallest absolute Gasteiger partial charge is 0.254 e. The van der Waals surface area contributed by atoms with E-state index in [2.05, 4.69) is 28.2 Å². The molecular weight excluding hydrogens is 301 g/mol. The minimum absolute atomic E-state index is 0.0479. The van der Waals surface area contributed by atoms with Crippen LogP contribution in [0.4, 0.5) is 4.39 Å². The van der Waals surface area contributed by atoms with Crippen molar-refractivity contribution in [1.82, 2.24) is 5.32 Å². The topological polar surface area (TPSA) is 38.3 Å². The molecule has 0 bridgehead atoms. The predicted octanol–water partition coefficient (Wildman–Crippen LogP) is 3.13. The quantitative estimate of drug-likeness (QED) is 0.785. The van der Waals surface area contributed by atoms with Gasteiger partial charge in [-0.15, -0.1) is 0 Å². The van der Waals surface area contributed by atoms with Gasteiger partial charge in [-0.2, -0.15) is 0 Å². The van der Waals surface area contributed by atoms with Gasteiger partial charge in [-0.25, -0.2) is 4.39 Å². The maximum Gasteiger partial charge on any atom is 0.254 e. The van der Waals surface area contributed by atoms with Crippen LogP contribution in [0.1, 0.15) is 30.1 Å². The van der Waals surface area contributed by atoms with Crippen LogP contribution in [-0.2, 0) is 4.74 Å². The lowest BCUT2D eigenvalue weighted by Gasteiger charge is -2.07. The predicted molar refractivity (Wildman–Crippen MR) is 72.2 cm³/mol. The van der Waals surface area contributed by atoms with E-state index in [0.717, 1.165) is 12.8 Å². The zero-order valence-corrected chi connectivity index (χ0v) is 11.9. The molecule has 0 aliphatic carbocycles. The van der Waals surface area contributed by atoms with Crippen molar-refractivity contribution < 1.29 is 13.9 Å². The van der Waals surface area contributed by atoms with Crippen LogP contribution in [0.5, 0.6) is 0 Å². The standard InChI is InChI=1S/C13H17BrFNO2/c1-2-3-7-18-8-6-16-13(17)11-5-4-10(14)9-12(11)15/h4-5,9H,2-3,6-8H2,1H3,(H,16,17). The molecule has 1 N–H and O–H groups in total. The van der Waals surface area contributed by atoms with Gasteiger partial charge in [-0.3, -0.25) is 4.79 Å². The molecular formula is C13H17BrFNO2. The fourth-order valence-corrected chi connectivity index (χ4v) is 1.69. The summed E-state index contributed by atoms with van der Waals surface area (Å²) in [7, 11) is 0. The zero-order chi connectivity index (χ0) is 13.4. The van der Waals surface area contributed by atoms with E-state index >= 15 is 0 Å². The fraction of sp³-hybridized carbons (Fsp3) is 0.462. The van der Waals surface area contributed by atoms with Crippen LogP contribution in [0.2, 0.25) is 0 Å². The minimum atomic E-state index is -0.534. The third-order valence-corrected chi connectivity index (χ3v) is 2.84. The van der Waals surface area contributed by atoms with Gasteiger partial charge >= 0.3 is 0 Å². The van der Waals surface area contributed by atoms with Gasteiger partial charge in [-0.05, 0) is 24.6 Å².